The molecule has 0 aliphatic heterocycles. The van der Waals surface area contributed by atoms with Gasteiger partial charge in [0.05, 0.1) is 29.8 Å². The lowest BCUT2D eigenvalue weighted by Crippen LogP contribution is -2.25. The van der Waals surface area contributed by atoms with E-state index < -0.39 is 0 Å². The number of nitrogens with zero attached hydrogens (tertiary/aromatic N) is 3. The summed E-state index contributed by atoms with van der Waals surface area (Å²) in [6.45, 7) is 0.401. The number of para-hydroxylation sites is 1. The summed E-state index contributed by atoms with van der Waals surface area (Å²) in [5, 5.41) is 14.4. The zero-order chi connectivity index (χ0) is 23.8. The van der Waals surface area contributed by atoms with E-state index in [0.717, 1.165) is 11.3 Å². The van der Waals surface area contributed by atoms with Crippen LogP contribution in [0.2, 0.25) is 0 Å². The van der Waals surface area contributed by atoms with E-state index in [1.807, 2.05) is 54.6 Å². The standard InChI is InChI=1S/C25H23N5O3S/c1-33-20-11-7-10-19(14-20)30-17-27-29-25(30)34-16-23(31)28-22-13-6-5-12-21(22)24(32)26-15-18-8-3-2-4-9-18/h2-14,17H,15-16H2,1H3,(H,26,32)(H,28,31). The Balaban J connectivity index is 1.38. The van der Waals surface area contributed by atoms with Gasteiger partial charge < -0.3 is 15.4 Å². The van der Waals surface area contributed by atoms with Crippen molar-refractivity contribution >= 4 is 29.3 Å². The molecule has 2 N–H and O–H groups in total. The van der Waals surface area contributed by atoms with Crippen LogP contribution in [0.5, 0.6) is 5.75 Å². The van der Waals surface area contributed by atoms with E-state index in [1.54, 1.807) is 42.3 Å². The number of hydrogen-bond acceptors (Lipinski definition) is 6. The van der Waals surface area contributed by atoms with Crippen molar-refractivity contribution in [1.29, 1.82) is 0 Å². The normalized spacial score (nSPS) is 10.5. The lowest BCUT2D eigenvalue weighted by Gasteiger charge is -2.12. The van der Waals surface area contributed by atoms with E-state index >= 15 is 0 Å². The Hall–Kier alpha value is -4.11. The summed E-state index contributed by atoms with van der Waals surface area (Å²) < 4.78 is 7.06. The highest BCUT2D eigenvalue weighted by molar-refractivity contribution is 7.99. The highest BCUT2D eigenvalue weighted by Crippen LogP contribution is 2.23. The van der Waals surface area contributed by atoms with Crippen LogP contribution in [0.15, 0.2) is 90.3 Å². The molecule has 0 saturated heterocycles. The van der Waals surface area contributed by atoms with Crippen LogP contribution >= 0.6 is 11.8 Å². The smallest absolute Gasteiger partial charge is 0.253 e. The number of aromatic nitrogens is 3. The largest absolute Gasteiger partial charge is 0.497 e. The minimum atomic E-state index is -0.259. The fourth-order valence-electron chi connectivity index (χ4n) is 3.24. The average molecular weight is 474 g/mol. The topological polar surface area (TPSA) is 98.1 Å². The van der Waals surface area contributed by atoms with Crippen LogP contribution in [0.25, 0.3) is 5.69 Å². The molecule has 8 nitrogen and oxygen atoms in total. The maximum absolute atomic E-state index is 12.7. The van der Waals surface area contributed by atoms with E-state index in [9.17, 15) is 9.59 Å². The molecule has 1 aromatic heterocycles. The number of thioether (sulfide) groups is 1. The molecule has 4 aromatic rings. The summed E-state index contributed by atoms with van der Waals surface area (Å²) in [7, 11) is 1.60. The number of methoxy groups -OCH3 is 1. The monoisotopic (exact) mass is 473 g/mol. The first-order valence-corrected chi connectivity index (χ1v) is 11.5. The van der Waals surface area contributed by atoms with Crippen molar-refractivity contribution in [1.82, 2.24) is 20.1 Å². The van der Waals surface area contributed by atoms with Crippen LogP contribution in [-0.4, -0.2) is 39.4 Å². The molecule has 0 aliphatic carbocycles. The lowest BCUT2D eigenvalue weighted by molar-refractivity contribution is -0.113. The van der Waals surface area contributed by atoms with Crippen LogP contribution in [-0.2, 0) is 11.3 Å². The maximum Gasteiger partial charge on any atom is 0.253 e. The van der Waals surface area contributed by atoms with E-state index in [2.05, 4.69) is 20.8 Å². The van der Waals surface area contributed by atoms with Crippen molar-refractivity contribution in [2.24, 2.45) is 0 Å². The molecule has 4 rings (SSSR count). The van der Waals surface area contributed by atoms with E-state index in [0.29, 0.717) is 28.7 Å². The second-order valence-electron chi connectivity index (χ2n) is 7.24. The van der Waals surface area contributed by atoms with Crippen molar-refractivity contribution in [2.45, 2.75) is 11.7 Å². The van der Waals surface area contributed by atoms with Gasteiger partial charge in [0.2, 0.25) is 5.91 Å². The summed E-state index contributed by atoms with van der Waals surface area (Å²) in [6.07, 6.45) is 1.58. The molecule has 3 aromatic carbocycles. The Labute approximate surface area is 201 Å². The van der Waals surface area contributed by atoms with Gasteiger partial charge in [0.25, 0.3) is 5.91 Å². The summed E-state index contributed by atoms with van der Waals surface area (Å²) >= 11 is 1.25. The Morgan fingerprint density at radius 3 is 2.62 bits per heavy atom. The van der Waals surface area contributed by atoms with Crippen LogP contribution in [0.1, 0.15) is 15.9 Å². The SMILES string of the molecule is COc1cccc(-n2cnnc2SCC(=O)Nc2ccccc2C(=O)NCc2ccccc2)c1. The van der Waals surface area contributed by atoms with Gasteiger partial charge in [0.15, 0.2) is 5.16 Å². The van der Waals surface area contributed by atoms with Crippen LogP contribution in [0.4, 0.5) is 5.69 Å². The van der Waals surface area contributed by atoms with Crippen LogP contribution in [0.3, 0.4) is 0 Å². The number of carbonyl (C=O) groups is 2. The van der Waals surface area contributed by atoms with Crippen molar-refractivity contribution < 1.29 is 14.3 Å². The average Bonchev–Trinajstić information content (AvgIpc) is 3.36. The molecule has 0 unspecified atom stereocenters. The van der Waals surface area contributed by atoms with Gasteiger partial charge in [-0.1, -0.05) is 60.3 Å². The lowest BCUT2D eigenvalue weighted by atomic mass is 10.1. The Morgan fingerprint density at radius 2 is 1.79 bits per heavy atom. The Morgan fingerprint density at radius 1 is 1.00 bits per heavy atom. The molecule has 9 heteroatoms. The summed E-state index contributed by atoms with van der Waals surface area (Å²) in [6, 6.07) is 24.0. The van der Waals surface area contributed by atoms with E-state index in [1.165, 1.54) is 11.8 Å². The third kappa shape index (κ3) is 5.81. The van der Waals surface area contributed by atoms with Gasteiger partial charge in [0, 0.05) is 12.6 Å². The molecule has 172 valence electrons. The highest BCUT2D eigenvalue weighted by atomic mass is 32.2. The Kier molecular flexibility index (Phi) is 7.56. The third-order valence-electron chi connectivity index (χ3n) is 4.92. The molecular formula is C25H23N5O3S. The fraction of sp³-hybridized carbons (Fsp3) is 0.120. The second kappa shape index (κ2) is 11.2. The molecule has 2 amide bonds. The molecule has 0 radical (unpaired) electrons. The molecule has 0 fully saturated rings. The van der Waals surface area contributed by atoms with E-state index in [-0.39, 0.29) is 17.6 Å². The van der Waals surface area contributed by atoms with Gasteiger partial charge in [-0.25, -0.2) is 0 Å². The maximum atomic E-state index is 12.7. The first kappa shape index (κ1) is 23.1. The number of amides is 2. The summed E-state index contributed by atoms with van der Waals surface area (Å²) in [4.78, 5) is 25.4. The zero-order valence-electron chi connectivity index (χ0n) is 18.5. The fourth-order valence-corrected chi connectivity index (χ4v) is 3.97. The minimum Gasteiger partial charge on any atom is -0.497 e. The van der Waals surface area contributed by atoms with E-state index in [4.69, 9.17) is 4.74 Å². The molecule has 0 atom stereocenters. The summed E-state index contributed by atoms with van der Waals surface area (Å²) in [5.74, 6) is 0.295. The Bertz CT molecular complexity index is 1280. The predicted molar refractivity (Wildman–Crippen MR) is 131 cm³/mol. The third-order valence-corrected chi connectivity index (χ3v) is 5.87. The number of carbonyl (C=O) groups excluding carboxylic acids is 2. The number of benzene rings is 3. The molecule has 34 heavy (non-hydrogen) atoms. The highest BCUT2D eigenvalue weighted by Gasteiger charge is 2.15. The van der Waals surface area contributed by atoms with Crippen LogP contribution in [0, 0.1) is 0 Å². The van der Waals surface area contributed by atoms with Gasteiger partial charge >= 0.3 is 0 Å². The minimum absolute atomic E-state index is 0.0998. The van der Waals surface area contributed by atoms with Gasteiger partial charge in [-0.3, -0.25) is 14.2 Å². The molecular weight excluding hydrogens is 450 g/mol. The number of nitrogens with one attached hydrogen (secondary N) is 2. The van der Waals surface area contributed by atoms with Crippen molar-refractivity contribution in [3.63, 3.8) is 0 Å². The quantitative estimate of drug-likeness (QED) is 0.358. The first-order valence-electron chi connectivity index (χ1n) is 10.5. The molecule has 1 heterocycles. The predicted octanol–water partition coefficient (Wildman–Crippen LogP) is 3.94. The first-order chi connectivity index (χ1) is 16.6. The summed E-state index contributed by atoms with van der Waals surface area (Å²) in [5.41, 5.74) is 2.67. The number of rotatable bonds is 9. The molecule has 0 spiro atoms. The van der Waals surface area contributed by atoms with Crippen molar-refractivity contribution in [3.05, 3.63) is 96.3 Å². The number of hydrogen-bond donors (Lipinski definition) is 2. The van der Waals surface area contributed by atoms with Gasteiger partial charge in [0.1, 0.15) is 12.1 Å². The van der Waals surface area contributed by atoms with Gasteiger partial charge in [-0.05, 0) is 29.8 Å². The van der Waals surface area contributed by atoms with Crippen LogP contribution < -0.4 is 15.4 Å². The molecule has 0 saturated carbocycles. The zero-order valence-corrected chi connectivity index (χ0v) is 19.3. The van der Waals surface area contributed by atoms with Gasteiger partial charge in [-0.2, -0.15) is 0 Å². The number of ether oxygens (including phenoxy) is 1. The second-order valence-corrected chi connectivity index (χ2v) is 8.18. The molecule has 0 aliphatic rings. The van der Waals surface area contributed by atoms with Crippen molar-refractivity contribution in [3.8, 4) is 11.4 Å². The number of anilines is 1. The van der Waals surface area contributed by atoms with Gasteiger partial charge in [-0.15, -0.1) is 10.2 Å². The molecule has 0 bridgehead atoms. The van der Waals surface area contributed by atoms with Crippen molar-refractivity contribution in [2.75, 3.05) is 18.2 Å².